The molecule has 0 radical (unpaired) electrons. The maximum Gasteiger partial charge on any atom is 0.258 e. The van der Waals surface area contributed by atoms with Crippen molar-refractivity contribution in [2.75, 3.05) is 13.1 Å². The van der Waals surface area contributed by atoms with E-state index >= 15 is 0 Å². The van der Waals surface area contributed by atoms with Gasteiger partial charge in [0.25, 0.3) is 5.91 Å². The fraction of sp³-hybridized carbons (Fsp3) is 0.179. The van der Waals surface area contributed by atoms with E-state index in [4.69, 9.17) is 11.5 Å². The van der Waals surface area contributed by atoms with Crippen LogP contribution in [0.1, 0.15) is 29.7 Å². The number of aliphatic imine (C=N–C) groups is 1. The van der Waals surface area contributed by atoms with Gasteiger partial charge < -0.3 is 16.4 Å². The van der Waals surface area contributed by atoms with Gasteiger partial charge in [0, 0.05) is 24.7 Å². The van der Waals surface area contributed by atoms with Gasteiger partial charge in [0.05, 0.1) is 29.6 Å². The Kier molecular flexibility index (Phi) is 7.50. The van der Waals surface area contributed by atoms with Crippen molar-refractivity contribution < 1.29 is 4.79 Å². The van der Waals surface area contributed by atoms with Gasteiger partial charge in [-0.25, -0.2) is 0 Å². The van der Waals surface area contributed by atoms with E-state index in [2.05, 4.69) is 9.98 Å². The molecule has 1 amide bonds. The Balaban J connectivity index is 1.55. The van der Waals surface area contributed by atoms with E-state index in [9.17, 15) is 4.79 Å². The van der Waals surface area contributed by atoms with Crippen LogP contribution in [0.25, 0.3) is 17.0 Å². The number of nitrogens with two attached hydrogens (primary N) is 2. The van der Waals surface area contributed by atoms with Crippen LogP contribution in [-0.4, -0.2) is 41.1 Å². The molecule has 1 atom stereocenters. The molecule has 0 unspecified atom stereocenters. The minimum absolute atomic E-state index is 0.00242. The van der Waals surface area contributed by atoms with E-state index < -0.39 is 0 Å². The Morgan fingerprint density at radius 3 is 2.32 bits per heavy atom. The summed E-state index contributed by atoms with van der Waals surface area (Å²) in [7, 11) is 0. The number of carbonyl (C=O) groups excluding carboxylic acids is 1. The summed E-state index contributed by atoms with van der Waals surface area (Å²) in [6.07, 6.45) is 7.01. The molecule has 4 rings (SSSR count). The first-order chi connectivity index (χ1) is 16.6. The van der Waals surface area contributed by atoms with E-state index in [0.717, 1.165) is 24.0 Å². The molecule has 0 spiro atoms. The van der Waals surface area contributed by atoms with E-state index in [0.29, 0.717) is 35.8 Å². The van der Waals surface area contributed by atoms with Crippen LogP contribution in [0, 0.1) is 0 Å². The number of hydrogen-bond acceptors (Lipinski definition) is 5. The van der Waals surface area contributed by atoms with Gasteiger partial charge in [0.2, 0.25) is 0 Å². The van der Waals surface area contributed by atoms with Crippen molar-refractivity contribution in [3.63, 3.8) is 0 Å². The van der Waals surface area contributed by atoms with Crippen LogP contribution in [0.3, 0.4) is 0 Å². The average Bonchev–Trinajstić information content (AvgIpc) is 3.37. The molecule has 34 heavy (non-hydrogen) atoms. The first-order valence-electron chi connectivity index (χ1n) is 11.4. The SMILES string of the molecule is N/C(=C\C=NC[C@@H]1CCCN1C(=O)/C(=C(/N)c1ccccc1)c1ccccn1)c1ccccc1. The molecule has 6 nitrogen and oxygen atoms in total. The molecule has 0 bridgehead atoms. The second-order valence-corrected chi connectivity index (χ2v) is 8.17. The zero-order valence-electron chi connectivity index (χ0n) is 19.0. The smallest absolute Gasteiger partial charge is 0.258 e. The number of benzene rings is 2. The molecule has 3 aromatic rings. The summed E-state index contributed by atoms with van der Waals surface area (Å²) in [5.74, 6) is -0.114. The first-order valence-corrected chi connectivity index (χ1v) is 11.4. The van der Waals surface area contributed by atoms with Crippen molar-refractivity contribution in [1.82, 2.24) is 9.88 Å². The molecule has 2 heterocycles. The van der Waals surface area contributed by atoms with Crippen molar-refractivity contribution in [3.05, 3.63) is 108 Å². The lowest BCUT2D eigenvalue weighted by Crippen LogP contribution is -2.38. The molecule has 172 valence electrons. The fourth-order valence-corrected chi connectivity index (χ4v) is 4.11. The van der Waals surface area contributed by atoms with Crippen molar-refractivity contribution >= 4 is 29.1 Å². The zero-order chi connectivity index (χ0) is 23.8. The summed E-state index contributed by atoms with van der Waals surface area (Å²) in [4.78, 5) is 24.6. The molecular weight excluding hydrogens is 422 g/mol. The molecule has 1 aromatic heterocycles. The minimum Gasteiger partial charge on any atom is -0.398 e. The summed E-state index contributed by atoms with van der Waals surface area (Å²) in [5, 5.41) is 0. The van der Waals surface area contributed by atoms with E-state index in [1.54, 1.807) is 18.5 Å². The van der Waals surface area contributed by atoms with Gasteiger partial charge in [-0.05, 0) is 42.2 Å². The molecule has 1 aliphatic rings. The molecule has 4 N–H and O–H groups in total. The molecule has 1 fully saturated rings. The van der Waals surface area contributed by atoms with Gasteiger partial charge in [0.15, 0.2) is 0 Å². The predicted molar refractivity (Wildman–Crippen MR) is 138 cm³/mol. The second-order valence-electron chi connectivity index (χ2n) is 8.17. The molecule has 1 aliphatic heterocycles. The van der Waals surface area contributed by atoms with Gasteiger partial charge in [-0.1, -0.05) is 66.7 Å². The lowest BCUT2D eigenvalue weighted by molar-refractivity contribution is -0.125. The van der Waals surface area contributed by atoms with Gasteiger partial charge in [-0.3, -0.25) is 14.8 Å². The normalized spacial score (nSPS) is 17.1. The van der Waals surface area contributed by atoms with Crippen molar-refractivity contribution in [2.45, 2.75) is 18.9 Å². The van der Waals surface area contributed by atoms with Gasteiger partial charge in [0.1, 0.15) is 0 Å². The number of aromatic nitrogens is 1. The number of hydrogen-bond donors (Lipinski definition) is 2. The maximum atomic E-state index is 13.8. The van der Waals surface area contributed by atoms with Crippen LogP contribution in [0.4, 0.5) is 0 Å². The highest BCUT2D eigenvalue weighted by Gasteiger charge is 2.32. The van der Waals surface area contributed by atoms with Crippen LogP contribution < -0.4 is 11.5 Å². The number of allylic oxidation sites excluding steroid dienone is 1. The number of carbonyl (C=O) groups is 1. The van der Waals surface area contributed by atoms with Crippen molar-refractivity contribution in [2.24, 2.45) is 16.5 Å². The van der Waals surface area contributed by atoms with Crippen LogP contribution in [-0.2, 0) is 4.79 Å². The summed E-state index contributed by atoms with van der Waals surface area (Å²) in [6, 6.07) is 24.8. The highest BCUT2D eigenvalue weighted by molar-refractivity contribution is 6.26. The van der Waals surface area contributed by atoms with Crippen LogP contribution in [0.2, 0.25) is 0 Å². The Labute approximate surface area is 200 Å². The largest absolute Gasteiger partial charge is 0.398 e. The standard InChI is InChI=1S/C28H29N5O/c29-24(21-10-3-1-4-11-21)16-18-31-20-23-14-9-19-33(23)28(34)26(25-15-7-8-17-32-25)27(30)22-12-5-2-6-13-22/h1-8,10-13,15-18,23H,9,14,19-20,29-30H2/b24-16-,27-26+,31-18?/t23-/m0/s1. The fourth-order valence-electron chi connectivity index (χ4n) is 4.11. The lowest BCUT2D eigenvalue weighted by Gasteiger charge is -2.25. The van der Waals surface area contributed by atoms with E-state index in [1.807, 2.05) is 83.8 Å². The van der Waals surface area contributed by atoms with E-state index in [-0.39, 0.29) is 11.9 Å². The molecular formula is C28H29N5O. The summed E-state index contributed by atoms with van der Waals surface area (Å²) < 4.78 is 0. The summed E-state index contributed by atoms with van der Waals surface area (Å²) in [5.41, 5.74) is 16.5. The van der Waals surface area contributed by atoms with E-state index in [1.165, 1.54) is 0 Å². The molecule has 2 aromatic carbocycles. The number of likely N-dealkylation sites (tertiary alicyclic amines) is 1. The Bertz CT molecular complexity index is 1190. The van der Waals surface area contributed by atoms with Crippen LogP contribution >= 0.6 is 0 Å². The highest BCUT2D eigenvalue weighted by Crippen LogP contribution is 2.28. The molecule has 0 saturated carbocycles. The van der Waals surface area contributed by atoms with Gasteiger partial charge in [-0.2, -0.15) is 0 Å². The number of nitrogens with zero attached hydrogens (tertiary/aromatic N) is 3. The Morgan fingerprint density at radius 1 is 0.971 bits per heavy atom. The van der Waals surface area contributed by atoms with Crippen LogP contribution in [0.15, 0.2) is 96.1 Å². The number of amides is 1. The molecule has 6 heteroatoms. The summed E-state index contributed by atoms with van der Waals surface area (Å²) >= 11 is 0. The van der Waals surface area contributed by atoms with Crippen LogP contribution in [0.5, 0.6) is 0 Å². The van der Waals surface area contributed by atoms with Gasteiger partial charge in [-0.15, -0.1) is 0 Å². The number of rotatable bonds is 7. The molecule has 0 aliphatic carbocycles. The second kappa shape index (κ2) is 11.1. The third-order valence-electron chi connectivity index (χ3n) is 5.91. The number of pyridine rings is 1. The third kappa shape index (κ3) is 5.41. The Morgan fingerprint density at radius 2 is 1.65 bits per heavy atom. The average molecular weight is 452 g/mol. The Hall–Kier alpha value is -4.19. The lowest BCUT2D eigenvalue weighted by atomic mass is 10.0. The third-order valence-corrected chi connectivity index (χ3v) is 5.91. The minimum atomic E-state index is -0.114. The maximum absolute atomic E-state index is 13.8. The molecule has 1 saturated heterocycles. The summed E-state index contributed by atoms with van der Waals surface area (Å²) in [6.45, 7) is 1.17. The highest BCUT2D eigenvalue weighted by atomic mass is 16.2. The van der Waals surface area contributed by atoms with Gasteiger partial charge >= 0.3 is 0 Å². The topological polar surface area (TPSA) is 97.6 Å². The quantitative estimate of drug-likeness (QED) is 0.419. The predicted octanol–water partition coefficient (Wildman–Crippen LogP) is 3.97. The van der Waals surface area contributed by atoms with Crippen molar-refractivity contribution in [1.29, 1.82) is 0 Å². The zero-order valence-corrected chi connectivity index (χ0v) is 19.0. The first kappa shape index (κ1) is 23.0. The monoisotopic (exact) mass is 451 g/mol. The van der Waals surface area contributed by atoms with Crippen molar-refractivity contribution in [3.8, 4) is 0 Å².